The van der Waals surface area contributed by atoms with Crippen molar-refractivity contribution in [1.29, 1.82) is 0 Å². The molecule has 2 rings (SSSR count). The van der Waals surface area contributed by atoms with Gasteiger partial charge in [0, 0.05) is 0 Å². The van der Waals surface area contributed by atoms with Gasteiger partial charge in [-0.25, -0.2) is 0 Å². The van der Waals surface area contributed by atoms with Crippen LogP contribution in [0.25, 0.3) is 5.78 Å². The van der Waals surface area contributed by atoms with Crippen LogP contribution in [0.4, 0.5) is 0 Å². The molecule has 0 aliphatic rings. The van der Waals surface area contributed by atoms with Crippen molar-refractivity contribution in [2.75, 3.05) is 0 Å². The molecule has 62 valence electrons. The molecule has 0 saturated carbocycles. The second-order valence-corrected chi connectivity index (χ2v) is 2.82. The number of nitrogens with one attached hydrogen (secondary N) is 1. The maximum atomic E-state index is 10.8. The Morgan fingerprint density at radius 2 is 2.42 bits per heavy atom. The first-order valence-corrected chi connectivity index (χ1v) is 3.81. The van der Waals surface area contributed by atoms with Gasteiger partial charge in [0.1, 0.15) is 0 Å². The van der Waals surface area contributed by atoms with E-state index < -0.39 is 5.56 Å². The van der Waals surface area contributed by atoms with E-state index >= 15 is 0 Å². The minimum absolute atomic E-state index is 0.201. The summed E-state index contributed by atoms with van der Waals surface area (Å²) in [4.78, 5) is 17.0. The number of hydrogen-bond donors (Lipinski definition) is 2. The Kier molecular flexibility index (Phi) is 1.40. The molecular formula is C5H3BrN4O2. The molecule has 7 heteroatoms. The molecule has 6 nitrogen and oxygen atoms in total. The number of rotatable bonds is 0. The molecule has 0 aliphatic heterocycles. The second-order valence-electron chi connectivity index (χ2n) is 2.11. The molecule has 0 bridgehead atoms. The van der Waals surface area contributed by atoms with Crippen LogP contribution in [0.2, 0.25) is 0 Å². The fraction of sp³-hybridized carbons (Fsp3) is 0. The Hall–Kier alpha value is -1.37. The number of nitrogens with zero attached hydrogens (tertiary/aromatic N) is 3. The third-order valence-electron chi connectivity index (χ3n) is 1.29. The van der Waals surface area contributed by atoms with Crippen LogP contribution in [0.15, 0.2) is 15.6 Å². The number of halogens is 1. The lowest BCUT2D eigenvalue weighted by Crippen LogP contribution is -2.07. The molecular weight excluding hydrogens is 228 g/mol. The molecule has 0 saturated heterocycles. The van der Waals surface area contributed by atoms with Crippen molar-refractivity contribution in [3.05, 3.63) is 21.2 Å². The van der Waals surface area contributed by atoms with Crippen LogP contribution in [0.1, 0.15) is 0 Å². The second kappa shape index (κ2) is 2.31. The Balaban J connectivity index is 2.97. The lowest BCUT2D eigenvalue weighted by molar-refractivity contribution is 0.434. The fourth-order valence-corrected chi connectivity index (χ4v) is 1.18. The van der Waals surface area contributed by atoms with Crippen molar-refractivity contribution in [1.82, 2.24) is 19.6 Å². The van der Waals surface area contributed by atoms with Gasteiger partial charge >= 0.3 is 0 Å². The van der Waals surface area contributed by atoms with Crippen molar-refractivity contribution in [3.63, 3.8) is 0 Å². The zero-order valence-electron chi connectivity index (χ0n) is 5.65. The first-order chi connectivity index (χ1) is 5.66. The van der Waals surface area contributed by atoms with E-state index in [9.17, 15) is 9.90 Å². The molecule has 2 aromatic heterocycles. The number of aromatic hydroxyl groups is 1. The maximum absolute atomic E-state index is 10.8. The average Bonchev–Trinajstić information content (AvgIpc) is 2.29. The van der Waals surface area contributed by atoms with Crippen molar-refractivity contribution in [3.8, 4) is 5.88 Å². The molecule has 0 fully saturated rings. The first kappa shape index (κ1) is 7.29. The molecule has 0 unspecified atom stereocenters. The van der Waals surface area contributed by atoms with Crippen LogP contribution in [-0.2, 0) is 0 Å². The van der Waals surface area contributed by atoms with Crippen LogP contribution >= 0.6 is 15.9 Å². The van der Waals surface area contributed by atoms with E-state index in [0.717, 1.165) is 10.6 Å². The van der Waals surface area contributed by atoms with Gasteiger partial charge in [-0.05, 0) is 15.9 Å². The summed E-state index contributed by atoms with van der Waals surface area (Å²) in [6.07, 6.45) is 0. The van der Waals surface area contributed by atoms with Gasteiger partial charge < -0.3 is 5.11 Å². The SMILES string of the molecule is O=c1cc(O)n2nc(Br)nc2[nH]1. The molecule has 0 radical (unpaired) electrons. The van der Waals surface area contributed by atoms with Gasteiger partial charge in [-0.2, -0.15) is 9.50 Å². The molecule has 0 spiro atoms. The van der Waals surface area contributed by atoms with Crippen molar-refractivity contribution < 1.29 is 5.11 Å². The van der Waals surface area contributed by atoms with E-state index in [4.69, 9.17) is 0 Å². The number of aromatic amines is 1. The smallest absolute Gasteiger partial charge is 0.256 e. The molecule has 2 aromatic rings. The topological polar surface area (TPSA) is 83.3 Å². The molecule has 0 aliphatic carbocycles. The summed E-state index contributed by atoms with van der Waals surface area (Å²) in [7, 11) is 0. The summed E-state index contributed by atoms with van der Waals surface area (Å²) in [5.41, 5.74) is -0.417. The number of fused-ring (bicyclic) bond motifs is 1. The monoisotopic (exact) mass is 230 g/mol. The van der Waals surface area contributed by atoms with E-state index in [-0.39, 0.29) is 11.7 Å². The Morgan fingerprint density at radius 3 is 3.17 bits per heavy atom. The third kappa shape index (κ3) is 0.981. The minimum Gasteiger partial charge on any atom is -0.493 e. The van der Waals surface area contributed by atoms with Gasteiger partial charge in [0.15, 0.2) is 0 Å². The summed E-state index contributed by atoms with van der Waals surface area (Å²) < 4.78 is 1.42. The van der Waals surface area contributed by atoms with Gasteiger partial charge in [-0.15, -0.1) is 5.10 Å². The van der Waals surface area contributed by atoms with Crippen molar-refractivity contribution >= 4 is 21.7 Å². The van der Waals surface area contributed by atoms with E-state index in [1.165, 1.54) is 0 Å². The van der Waals surface area contributed by atoms with Gasteiger partial charge in [0.05, 0.1) is 6.07 Å². The summed E-state index contributed by atoms with van der Waals surface area (Å²) in [5.74, 6) is -0.0428. The van der Waals surface area contributed by atoms with Gasteiger partial charge in [-0.1, -0.05) is 0 Å². The predicted molar refractivity (Wildman–Crippen MR) is 43.0 cm³/mol. The Morgan fingerprint density at radius 1 is 1.67 bits per heavy atom. The van der Waals surface area contributed by atoms with Gasteiger partial charge in [0.2, 0.25) is 16.4 Å². The number of aromatic nitrogens is 4. The summed E-state index contributed by atoms with van der Waals surface area (Å²) in [6.45, 7) is 0. The van der Waals surface area contributed by atoms with E-state index in [1.54, 1.807) is 0 Å². The normalized spacial score (nSPS) is 10.8. The molecule has 0 atom stereocenters. The zero-order valence-corrected chi connectivity index (χ0v) is 7.24. The lowest BCUT2D eigenvalue weighted by Gasteiger charge is -1.92. The lowest BCUT2D eigenvalue weighted by atomic mass is 10.6. The van der Waals surface area contributed by atoms with Crippen molar-refractivity contribution in [2.24, 2.45) is 0 Å². The average molecular weight is 231 g/mol. The van der Waals surface area contributed by atoms with Crippen molar-refractivity contribution in [2.45, 2.75) is 0 Å². The first-order valence-electron chi connectivity index (χ1n) is 3.01. The number of H-pyrrole nitrogens is 1. The molecule has 12 heavy (non-hydrogen) atoms. The van der Waals surface area contributed by atoms with E-state index in [0.29, 0.717) is 4.73 Å². The Bertz CT molecular complexity index is 488. The van der Waals surface area contributed by atoms with Gasteiger partial charge in [-0.3, -0.25) is 9.78 Å². The third-order valence-corrected chi connectivity index (χ3v) is 1.63. The summed E-state index contributed by atoms with van der Waals surface area (Å²) in [6, 6.07) is 1.02. The highest BCUT2D eigenvalue weighted by Crippen LogP contribution is 2.08. The van der Waals surface area contributed by atoms with Crippen LogP contribution < -0.4 is 5.56 Å². The van der Waals surface area contributed by atoms with Gasteiger partial charge in [0.25, 0.3) is 5.56 Å². The van der Waals surface area contributed by atoms with Crippen LogP contribution in [0.3, 0.4) is 0 Å². The largest absolute Gasteiger partial charge is 0.493 e. The summed E-state index contributed by atoms with van der Waals surface area (Å²) in [5, 5.41) is 12.9. The molecule has 2 N–H and O–H groups in total. The van der Waals surface area contributed by atoms with Crippen LogP contribution in [-0.4, -0.2) is 24.7 Å². The highest BCUT2D eigenvalue weighted by molar-refractivity contribution is 9.10. The quantitative estimate of drug-likeness (QED) is 0.662. The minimum atomic E-state index is -0.417. The predicted octanol–water partition coefficient (Wildman–Crippen LogP) is -0.114. The molecule has 2 heterocycles. The van der Waals surface area contributed by atoms with E-state index in [2.05, 4.69) is 31.0 Å². The standard InChI is InChI=1S/C5H3BrN4O2/c6-4-8-5-7-2(11)1-3(12)10(5)9-4/h1,12H,(H,7,8,9,11). The molecule has 0 amide bonds. The summed E-state index contributed by atoms with van der Waals surface area (Å²) >= 11 is 3.01. The molecule has 0 aromatic carbocycles. The fourth-order valence-electron chi connectivity index (χ4n) is 0.852. The zero-order chi connectivity index (χ0) is 8.72. The van der Waals surface area contributed by atoms with E-state index in [1.807, 2.05) is 0 Å². The van der Waals surface area contributed by atoms with Crippen LogP contribution in [0, 0.1) is 0 Å². The number of hydrogen-bond acceptors (Lipinski definition) is 4. The highest BCUT2D eigenvalue weighted by Gasteiger charge is 2.05. The van der Waals surface area contributed by atoms with Crippen LogP contribution in [0.5, 0.6) is 5.88 Å². The highest BCUT2D eigenvalue weighted by atomic mass is 79.9. The maximum Gasteiger partial charge on any atom is 0.256 e. The Labute approximate surface area is 74.0 Å².